The smallest absolute Gasteiger partial charge is 0.325 e. The second kappa shape index (κ2) is 3.40. The lowest BCUT2D eigenvalue weighted by atomic mass is 10.1. The molecule has 1 heterocycles. The fraction of sp³-hybridized carbons (Fsp3) is 0.100. The molecule has 2 rings (SSSR count). The van der Waals surface area contributed by atoms with Gasteiger partial charge in [-0.25, -0.2) is 0 Å². The van der Waals surface area contributed by atoms with E-state index in [0.29, 0.717) is 5.56 Å². The molecule has 4 heteroatoms. The van der Waals surface area contributed by atoms with Gasteiger partial charge in [-0.15, -0.1) is 11.3 Å². The van der Waals surface area contributed by atoms with Crippen molar-refractivity contribution < 1.29 is 9.90 Å². The molecule has 0 spiro atoms. The minimum Gasteiger partial charge on any atom is -0.480 e. The van der Waals surface area contributed by atoms with Crippen LogP contribution in [0.4, 0.5) is 0 Å². The van der Waals surface area contributed by atoms with Gasteiger partial charge in [0.05, 0.1) is 0 Å². The van der Waals surface area contributed by atoms with E-state index in [1.54, 1.807) is 0 Å². The van der Waals surface area contributed by atoms with Crippen molar-refractivity contribution in [1.82, 2.24) is 0 Å². The Kier molecular flexibility index (Phi) is 2.23. The highest BCUT2D eigenvalue weighted by Gasteiger charge is 2.17. The second-order valence-corrected chi connectivity index (χ2v) is 3.91. The molecule has 0 unspecified atom stereocenters. The molecule has 2 aromatic rings. The largest absolute Gasteiger partial charge is 0.480 e. The lowest BCUT2D eigenvalue weighted by molar-refractivity contribution is -0.138. The quantitative estimate of drug-likeness (QED) is 0.791. The van der Waals surface area contributed by atoms with Crippen molar-refractivity contribution in [3.8, 4) is 0 Å². The molecular weight excluding hydrogens is 198 g/mol. The SMILES string of the molecule is N[C@H](C(=O)O)c1csc2ccccc12. The number of aliphatic carboxylic acids is 1. The highest BCUT2D eigenvalue weighted by atomic mass is 32.1. The van der Waals surface area contributed by atoms with Gasteiger partial charge < -0.3 is 10.8 Å². The molecule has 1 aromatic carbocycles. The fourth-order valence-electron chi connectivity index (χ4n) is 1.37. The summed E-state index contributed by atoms with van der Waals surface area (Å²) >= 11 is 1.52. The molecule has 0 bridgehead atoms. The number of carboxylic acid groups (broad SMARTS) is 1. The number of nitrogens with two attached hydrogens (primary N) is 1. The van der Waals surface area contributed by atoms with Gasteiger partial charge in [0.25, 0.3) is 0 Å². The van der Waals surface area contributed by atoms with Crippen LogP contribution < -0.4 is 5.73 Å². The lowest BCUT2D eigenvalue weighted by Gasteiger charge is -2.03. The Morgan fingerprint density at radius 2 is 2.14 bits per heavy atom. The molecule has 0 saturated carbocycles. The van der Waals surface area contributed by atoms with E-state index in [1.165, 1.54) is 11.3 Å². The van der Waals surface area contributed by atoms with Crippen molar-refractivity contribution in [2.45, 2.75) is 6.04 Å². The number of carbonyl (C=O) groups is 1. The van der Waals surface area contributed by atoms with Gasteiger partial charge in [-0.2, -0.15) is 0 Å². The molecule has 3 N–H and O–H groups in total. The molecule has 72 valence electrons. The topological polar surface area (TPSA) is 63.3 Å². The Bertz CT molecular complexity index is 478. The lowest BCUT2D eigenvalue weighted by Crippen LogP contribution is -2.20. The summed E-state index contributed by atoms with van der Waals surface area (Å²) in [5.74, 6) is -0.992. The van der Waals surface area contributed by atoms with Crippen LogP contribution in [0, 0.1) is 0 Å². The molecule has 3 nitrogen and oxygen atoms in total. The number of fused-ring (bicyclic) bond motifs is 1. The zero-order valence-corrected chi connectivity index (χ0v) is 8.12. The Morgan fingerprint density at radius 1 is 1.43 bits per heavy atom. The summed E-state index contributed by atoms with van der Waals surface area (Å²) in [6.07, 6.45) is 0. The van der Waals surface area contributed by atoms with Crippen LogP contribution in [-0.4, -0.2) is 11.1 Å². The molecule has 0 aliphatic rings. The summed E-state index contributed by atoms with van der Waals surface area (Å²) < 4.78 is 1.07. The number of hydrogen-bond acceptors (Lipinski definition) is 3. The van der Waals surface area contributed by atoms with Gasteiger partial charge in [0, 0.05) is 4.70 Å². The summed E-state index contributed by atoms with van der Waals surface area (Å²) in [5.41, 5.74) is 6.25. The molecule has 1 aromatic heterocycles. The van der Waals surface area contributed by atoms with Crippen molar-refractivity contribution in [1.29, 1.82) is 0 Å². The Labute approximate surface area is 84.8 Å². The minimum atomic E-state index is -0.992. The van der Waals surface area contributed by atoms with E-state index < -0.39 is 12.0 Å². The number of thiophene rings is 1. The number of hydrogen-bond donors (Lipinski definition) is 2. The first kappa shape index (κ1) is 9.18. The van der Waals surface area contributed by atoms with E-state index in [2.05, 4.69) is 0 Å². The zero-order chi connectivity index (χ0) is 10.1. The molecule has 14 heavy (non-hydrogen) atoms. The molecule has 0 saturated heterocycles. The third-order valence-electron chi connectivity index (χ3n) is 2.11. The maximum absolute atomic E-state index is 10.7. The van der Waals surface area contributed by atoms with Crippen molar-refractivity contribution in [3.63, 3.8) is 0 Å². The minimum absolute atomic E-state index is 0.693. The average molecular weight is 207 g/mol. The Morgan fingerprint density at radius 3 is 2.86 bits per heavy atom. The summed E-state index contributed by atoms with van der Waals surface area (Å²) in [7, 11) is 0. The van der Waals surface area contributed by atoms with E-state index in [-0.39, 0.29) is 0 Å². The van der Waals surface area contributed by atoms with Crippen LogP contribution in [0.2, 0.25) is 0 Å². The van der Waals surface area contributed by atoms with Gasteiger partial charge in [0.1, 0.15) is 6.04 Å². The predicted molar refractivity (Wildman–Crippen MR) is 56.4 cm³/mol. The molecule has 0 aliphatic carbocycles. The van der Waals surface area contributed by atoms with E-state index in [0.717, 1.165) is 10.1 Å². The average Bonchev–Trinajstić information content (AvgIpc) is 2.60. The summed E-state index contributed by atoms with van der Waals surface area (Å²) in [5, 5.41) is 11.5. The van der Waals surface area contributed by atoms with Crippen LogP contribution in [0.25, 0.3) is 10.1 Å². The highest BCUT2D eigenvalue weighted by Crippen LogP contribution is 2.29. The molecule has 0 amide bonds. The predicted octanol–water partition coefficient (Wildman–Crippen LogP) is 1.99. The zero-order valence-electron chi connectivity index (χ0n) is 7.31. The van der Waals surface area contributed by atoms with Crippen LogP contribution in [0.3, 0.4) is 0 Å². The maximum atomic E-state index is 10.7. The highest BCUT2D eigenvalue weighted by molar-refractivity contribution is 7.17. The molecular formula is C10H9NO2S. The van der Waals surface area contributed by atoms with E-state index in [1.807, 2.05) is 29.6 Å². The number of benzene rings is 1. The van der Waals surface area contributed by atoms with Crippen LogP contribution in [-0.2, 0) is 4.79 Å². The summed E-state index contributed by atoms with van der Waals surface area (Å²) in [6.45, 7) is 0. The fourth-order valence-corrected chi connectivity index (χ4v) is 2.37. The first-order valence-electron chi connectivity index (χ1n) is 4.14. The van der Waals surface area contributed by atoms with Crippen LogP contribution in [0.1, 0.15) is 11.6 Å². The monoisotopic (exact) mass is 207 g/mol. The van der Waals surface area contributed by atoms with E-state index in [4.69, 9.17) is 10.8 Å². The Hall–Kier alpha value is -1.39. The normalized spacial score (nSPS) is 12.9. The van der Waals surface area contributed by atoms with E-state index >= 15 is 0 Å². The first-order valence-corrected chi connectivity index (χ1v) is 5.02. The van der Waals surface area contributed by atoms with Crippen molar-refractivity contribution >= 4 is 27.4 Å². The number of rotatable bonds is 2. The van der Waals surface area contributed by atoms with Crippen LogP contribution in [0.15, 0.2) is 29.6 Å². The van der Waals surface area contributed by atoms with Crippen LogP contribution in [0.5, 0.6) is 0 Å². The molecule has 0 fully saturated rings. The van der Waals surface area contributed by atoms with Gasteiger partial charge in [-0.1, -0.05) is 18.2 Å². The van der Waals surface area contributed by atoms with Crippen molar-refractivity contribution in [2.75, 3.05) is 0 Å². The van der Waals surface area contributed by atoms with Crippen molar-refractivity contribution in [3.05, 3.63) is 35.2 Å². The van der Waals surface area contributed by atoms with Gasteiger partial charge in [0.2, 0.25) is 0 Å². The molecule has 1 atom stereocenters. The molecule has 0 radical (unpaired) electrons. The maximum Gasteiger partial charge on any atom is 0.325 e. The third kappa shape index (κ3) is 1.38. The Balaban J connectivity index is 2.58. The summed E-state index contributed by atoms with van der Waals surface area (Å²) in [4.78, 5) is 10.7. The van der Waals surface area contributed by atoms with Gasteiger partial charge in [0.15, 0.2) is 0 Å². The standard InChI is InChI=1S/C10H9NO2S/c11-9(10(12)13)7-5-14-8-4-2-1-3-6(7)8/h1-5,9H,11H2,(H,12,13)/t9-/m0/s1. The van der Waals surface area contributed by atoms with Crippen LogP contribution >= 0.6 is 11.3 Å². The van der Waals surface area contributed by atoms with Gasteiger partial charge in [-0.05, 0) is 22.4 Å². The molecule has 0 aliphatic heterocycles. The van der Waals surface area contributed by atoms with E-state index in [9.17, 15) is 4.79 Å². The number of carboxylic acids is 1. The third-order valence-corrected chi connectivity index (χ3v) is 3.09. The summed E-state index contributed by atoms with van der Waals surface area (Å²) in [6, 6.07) is 6.73. The first-order chi connectivity index (χ1) is 6.70. The van der Waals surface area contributed by atoms with Crippen molar-refractivity contribution in [2.24, 2.45) is 5.73 Å². The van der Waals surface area contributed by atoms with Gasteiger partial charge >= 0.3 is 5.97 Å². The van der Waals surface area contributed by atoms with Gasteiger partial charge in [-0.3, -0.25) is 4.79 Å². The second-order valence-electron chi connectivity index (χ2n) is 3.00.